The SMILES string of the molecule is COc1ccc(OCC(=O)NC(=S)NNC(=O)c2ccc(C(C)(C)C)cc2)cc1. The molecule has 2 rings (SSSR count). The maximum absolute atomic E-state index is 12.2. The smallest absolute Gasteiger partial charge is 0.269 e. The Kier molecular flexibility index (Phi) is 7.55. The molecule has 0 heterocycles. The largest absolute Gasteiger partial charge is 0.497 e. The van der Waals surface area contributed by atoms with Gasteiger partial charge in [0, 0.05) is 5.56 Å². The van der Waals surface area contributed by atoms with E-state index in [0.29, 0.717) is 17.1 Å². The van der Waals surface area contributed by atoms with Crippen molar-refractivity contribution in [2.24, 2.45) is 0 Å². The first-order valence-corrected chi connectivity index (χ1v) is 9.37. The summed E-state index contributed by atoms with van der Waals surface area (Å²) in [6, 6.07) is 14.1. The van der Waals surface area contributed by atoms with Crippen LogP contribution in [0.5, 0.6) is 11.5 Å². The van der Waals surface area contributed by atoms with Crippen LogP contribution in [0.2, 0.25) is 0 Å². The Hall–Kier alpha value is -3.13. The molecule has 154 valence electrons. The average Bonchev–Trinajstić information content (AvgIpc) is 2.70. The van der Waals surface area contributed by atoms with Gasteiger partial charge in [-0.2, -0.15) is 0 Å². The van der Waals surface area contributed by atoms with Crippen LogP contribution >= 0.6 is 12.2 Å². The van der Waals surface area contributed by atoms with Crippen LogP contribution in [0.15, 0.2) is 48.5 Å². The van der Waals surface area contributed by atoms with Gasteiger partial charge < -0.3 is 9.47 Å². The minimum Gasteiger partial charge on any atom is -0.497 e. The van der Waals surface area contributed by atoms with Gasteiger partial charge in [-0.1, -0.05) is 32.9 Å². The van der Waals surface area contributed by atoms with E-state index in [-0.39, 0.29) is 23.0 Å². The van der Waals surface area contributed by atoms with E-state index in [4.69, 9.17) is 21.7 Å². The van der Waals surface area contributed by atoms with E-state index in [1.54, 1.807) is 43.5 Å². The number of amides is 2. The molecule has 2 aromatic carbocycles. The van der Waals surface area contributed by atoms with E-state index in [0.717, 1.165) is 5.56 Å². The second-order valence-electron chi connectivity index (χ2n) is 7.25. The Labute approximate surface area is 175 Å². The van der Waals surface area contributed by atoms with Gasteiger partial charge in [-0.3, -0.25) is 25.8 Å². The minimum atomic E-state index is -0.456. The molecule has 7 nitrogen and oxygen atoms in total. The number of carbonyl (C=O) groups excluding carboxylic acids is 2. The molecule has 0 atom stereocenters. The fourth-order valence-electron chi connectivity index (χ4n) is 2.32. The predicted octanol–water partition coefficient (Wildman–Crippen LogP) is 2.71. The number of ether oxygens (including phenoxy) is 2. The summed E-state index contributed by atoms with van der Waals surface area (Å²) in [6.07, 6.45) is 0. The van der Waals surface area contributed by atoms with Crippen LogP contribution in [0.25, 0.3) is 0 Å². The molecule has 0 spiro atoms. The summed E-state index contributed by atoms with van der Waals surface area (Å²) in [7, 11) is 1.57. The second kappa shape index (κ2) is 9.88. The quantitative estimate of drug-likeness (QED) is 0.514. The number of nitrogens with one attached hydrogen (secondary N) is 3. The van der Waals surface area contributed by atoms with Crippen LogP contribution in [0, 0.1) is 0 Å². The Bertz CT molecular complexity index is 859. The topological polar surface area (TPSA) is 88.7 Å². The number of thiocarbonyl (C=S) groups is 1. The third-order valence-corrected chi connectivity index (χ3v) is 4.19. The van der Waals surface area contributed by atoms with Gasteiger partial charge in [-0.25, -0.2) is 0 Å². The van der Waals surface area contributed by atoms with Crippen LogP contribution in [-0.2, 0) is 10.2 Å². The molecule has 0 aliphatic rings. The van der Waals surface area contributed by atoms with Gasteiger partial charge in [0.15, 0.2) is 11.7 Å². The lowest BCUT2D eigenvalue weighted by atomic mass is 9.87. The maximum atomic E-state index is 12.2. The van der Waals surface area contributed by atoms with Gasteiger partial charge in [0.2, 0.25) is 0 Å². The molecule has 0 aliphatic heterocycles. The molecule has 0 fully saturated rings. The van der Waals surface area contributed by atoms with Crippen LogP contribution in [0.3, 0.4) is 0 Å². The molecule has 2 aromatic rings. The first-order chi connectivity index (χ1) is 13.7. The third kappa shape index (κ3) is 7.08. The summed E-state index contributed by atoms with van der Waals surface area (Å²) in [5.74, 6) is 0.390. The number of hydrazine groups is 1. The molecule has 0 saturated heterocycles. The lowest BCUT2D eigenvalue weighted by molar-refractivity contribution is -0.121. The molecule has 2 amide bonds. The predicted molar refractivity (Wildman–Crippen MR) is 115 cm³/mol. The van der Waals surface area contributed by atoms with Crippen LogP contribution < -0.4 is 25.6 Å². The number of hydrogen-bond acceptors (Lipinski definition) is 5. The van der Waals surface area contributed by atoms with Crippen LogP contribution in [-0.4, -0.2) is 30.6 Å². The van der Waals surface area contributed by atoms with Crippen molar-refractivity contribution < 1.29 is 19.1 Å². The van der Waals surface area contributed by atoms with Crippen molar-refractivity contribution in [3.8, 4) is 11.5 Å². The van der Waals surface area contributed by atoms with Gasteiger partial charge >= 0.3 is 0 Å². The minimum absolute atomic E-state index is 0.00694. The summed E-state index contributed by atoms with van der Waals surface area (Å²) in [5, 5.41) is 2.39. The Morgan fingerprint density at radius 1 is 0.931 bits per heavy atom. The monoisotopic (exact) mass is 415 g/mol. The van der Waals surface area contributed by atoms with Crippen molar-refractivity contribution in [3.63, 3.8) is 0 Å². The highest BCUT2D eigenvalue weighted by molar-refractivity contribution is 7.80. The molecule has 0 radical (unpaired) electrons. The lowest BCUT2D eigenvalue weighted by Crippen LogP contribution is -2.49. The van der Waals surface area contributed by atoms with Crippen molar-refractivity contribution in [2.45, 2.75) is 26.2 Å². The van der Waals surface area contributed by atoms with Gasteiger partial charge in [0.25, 0.3) is 11.8 Å². The highest BCUT2D eigenvalue weighted by Gasteiger charge is 2.14. The highest BCUT2D eigenvalue weighted by atomic mass is 32.1. The summed E-state index contributed by atoms with van der Waals surface area (Å²) in [6.45, 7) is 6.08. The number of carbonyl (C=O) groups is 2. The van der Waals surface area contributed by atoms with Crippen LogP contribution in [0.1, 0.15) is 36.7 Å². The highest BCUT2D eigenvalue weighted by Crippen LogP contribution is 2.22. The molecule has 0 aromatic heterocycles. The maximum Gasteiger partial charge on any atom is 0.269 e. The summed E-state index contributed by atoms with van der Waals surface area (Å²) >= 11 is 5.00. The van der Waals surface area contributed by atoms with E-state index < -0.39 is 5.91 Å². The second-order valence-corrected chi connectivity index (χ2v) is 7.66. The zero-order valence-electron chi connectivity index (χ0n) is 16.9. The number of benzene rings is 2. The van der Waals surface area contributed by atoms with E-state index >= 15 is 0 Å². The van der Waals surface area contributed by atoms with Crippen molar-refractivity contribution in [3.05, 3.63) is 59.7 Å². The van der Waals surface area contributed by atoms with E-state index in [1.807, 2.05) is 12.1 Å². The van der Waals surface area contributed by atoms with Crippen molar-refractivity contribution in [2.75, 3.05) is 13.7 Å². The zero-order chi connectivity index (χ0) is 21.4. The molecular weight excluding hydrogens is 390 g/mol. The standard InChI is InChI=1S/C21H25N3O4S/c1-21(2,3)15-7-5-14(6-8-15)19(26)23-24-20(29)22-18(25)13-28-17-11-9-16(27-4)10-12-17/h5-12H,13H2,1-4H3,(H,23,26)(H2,22,24,25,29). The van der Waals surface area contributed by atoms with E-state index in [9.17, 15) is 9.59 Å². The number of hydrogen-bond donors (Lipinski definition) is 3. The molecule has 8 heteroatoms. The molecule has 0 aliphatic carbocycles. The Morgan fingerprint density at radius 3 is 2.07 bits per heavy atom. The first kappa shape index (κ1) is 22.2. The molecule has 29 heavy (non-hydrogen) atoms. The fourth-order valence-corrected chi connectivity index (χ4v) is 2.49. The van der Waals surface area contributed by atoms with Crippen molar-refractivity contribution >= 4 is 29.1 Å². The van der Waals surface area contributed by atoms with Gasteiger partial charge in [0.1, 0.15) is 11.5 Å². The van der Waals surface area contributed by atoms with E-state index in [1.165, 1.54) is 0 Å². The van der Waals surface area contributed by atoms with Crippen LogP contribution in [0.4, 0.5) is 0 Å². The number of methoxy groups -OCH3 is 1. The normalized spacial score (nSPS) is 10.6. The van der Waals surface area contributed by atoms with Crippen molar-refractivity contribution in [1.29, 1.82) is 0 Å². The zero-order valence-corrected chi connectivity index (χ0v) is 17.7. The fraction of sp³-hybridized carbons (Fsp3) is 0.286. The van der Waals surface area contributed by atoms with Gasteiger partial charge in [-0.05, 0) is 59.6 Å². The third-order valence-electron chi connectivity index (χ3n) is 3.98. The average molecular weight is 416 g/mol. The number of rotatable bonds is 5. The van der Waals surface area contributed by atoms with E-state index in [2.05, 4.69) is 36.9 Å². The Morgan fingerprint density at radius 2 is 1.52 bits per heavy atom. The lowest BCUT2D eigenvalue weighted by Gasteiger charge is -2.19. The molecule has 0 saturated carbocycles. The first-order valence-electron chi connectivity index (χ1n) is 8.96. The Balaban J connectivity index is 1.75. The molecule has 0 bridgehead atoms. The molecular formula is C21H25N3O4S. The van der Waals surface area contributed by atoms with Gasteiger partial charge in [0.05, 0.1) is 7.11 Å². The molecule has 3 N–H and O–H groups in total. The van der Waals surface area contributed by atoms with Gasteiger partial charge in [-0.15, -0.1) is 0 Å². The summed E-state index contributed by atoms with van der Waals surface area (Å²) in [5.41, 5.74) is 6.55. The summed E-state index contributed by atoms with van der Waals surface area (Å²) < 4.78 is 10.4. The summed E-state index contributed by atoms with van der Waals surface area (Å²) in [4.78, 5) is 24.1. The van der Waals surface area contributed by atoms with Crippen molar-refractivity contribution in [1.82, 2.24) is 16.2 Å². The molecule has 0 unspecified atom stereocenters.